The van der Waals surface area contributed by atoms with Gasteiger partial charge in [0.2, 0.25) is 5.91 Å². The molecule has 9 nitrogen and oxygen atoms in total. The quantitative estimate of drug-likeness (QED) is 0.637. The summed E-state index contributed by atoms with van der Waals surface area (Å²) in [4.78, 5) is 42.3. The lowest BCUT2D eigenvalue weighted by atomic mass is 9.98. The number of carbonyl (C=O) groups excluding carboxylic acids is 3. The van der Waals surface area contributed by atoms with Gasteiger partial charge in [0.1, 0.15) is 0 Å². The molecule has 1 atom stereocenters. The molecule has 2 heterocycles. The lowest BCUT2D eigenvalue weighted by Gasteiger charge is -2.32. The van der Waals surface area contributed by atoms with Crippen LogP contribution in [0.15, 0.2) is 18.2 Å². The van der Waals surface area contributed by atoms with E-state index in [1.54, 1.807) is 25.8 Å². The second kappa shape index (κ2) is 9.93. The van der Waals surface area contributed by atoms with E-state index in [0.29, 0.717) is 31.8 Å². The molecule has 0 radical (unpaired) electrons. The van der Waals surface area contributed by atoms with Gasteiger partial charge in [-0.3, -0.25) is 14.4 Å². The van der Waals surface area contributed by atoms with E-state index in [4.69, 9.17) is 4.74 Å². The fourth-order valence-electron chi connectivity index (χ4n) is 3.93. The van der Waals surface area contributed by atoms with Gasteiger partial charge < -0.3 is 14.5 Å². The van der Waals surface area contributed by atoms with E-state index in [1.807, 2.05) is 32.0 Å². The lowest BCUT2D eigenvalue weighted by Crippen LogP contribution is -2.47. The molecule has 2 amide bonds. The molecule has 1 aliphatic rings. The number of hydrogen-bond acceptors (Lipinski definition) is 6. The first-order valence-electron chi connectivity index (χ1n) is 10.9. The van der Waals surface area contributed by atoms with Crippen LogP contribution in [0.25, 0.3) is 5.69 Å². The number of rotatable bonds is 6. The molecule has 32 heavy (non-hydrogen) atoms. The maximum Gasteiger partial charge on any atom is 0.310 e. The van der Waals surface area contributed by atoms with Gasteiger partial charge in [-0.25, -0.2) is 0 Å². The molecule has 1 aliphatic heterocycles. The fraction of sp³-hybridized carbons (Fsp3) is 0.522. The monoisotopic (exact) mass is 441 g/mol. The van der Waals surface area contributed by atoms with Crippen molar-refractivity contribution in [3.8, 4) is 5.69 Å². The predicted octanol–water partition coefficient (Wildman–Crippen LogP) is 2.07. The average Bonchev–Trinajstić information content (AvgIpc) is 3.14. The number of aromatic nitrogens is 3. The van der Waals surface area contributed by atoms with Crippen LogP contribution in [0, 0.1) is 26.7 Å². The summed E-state index contributed by atoms with van der Waals surface area (Å²) in [5.74, 6) is -1.15. The smallest absolute Gasteiger partial charge is 0.310 e. The van der Waals surface area contributed by atoms with Crippen LogP contribution in [0.3, 0.4) is 0 Å². The fourth-order valence-corrected chi connectivity index (χ4v) is 3.93. The summed E-state index contributed by atoms with van der Waals surface area (Å²) >= 11 is 0. The van der Waals surface area contributed by atoms with Gasteiger partial charge in [-0.2, -0.15) is 9.90 Å². The van der Waals surface area contributed by atoms with E-state index in [0.717, 1.165) is 23.2 Å². The highest BCUT2D eigenvalue weighted by Gasteiger charge is 2.31. The number of carbonyl (C=O) groups is 3. The second-order valence-electron chi connectivity index (χ2n) is 8.31. The maximum atomic E-state index is 13.0. The summed E-state index contributed by atoms with van der Waals surface area (Å²) in [7, 11) is 1.57. The normalized spacial score (nSPS) is 16.0. The number of likely N-dealkylation sites (N-methyl/N-ethyl adjacent to an activating group) is 1. The van der Waals surface area contributed by atoms with Gasteiger partial charge in [0.25, 0.3) is 5.91 Å². The van der Waals surface area contributed by atoms with Crippen molar-refractivity contribution >= 4 is 17.8 Å². The zero-order valence-corrected chi connectivity index (χ0v) is 19.4. The van der Waals surface area contributed by atoms with E-state index in [2.05, 4.69) is 10.2 Å². The second-order valence-corrected chi connectivity index (χ2v) is 8.31. The SMILES string of the molecule is CCOC(=O)C1CCCN(C(=O)CN(C)C(=O)c2nn(-c3ccc(C)cc3C)nc2C)C1. The van der Waals surface area contributed by atoms with Crippen molar-refractivity contribution in [3.05, 3.63) is 40.7 Å². The molecule has 3 rings (SSSR count). The largest absolute Gasteiger partial charge is 0.466 e. The van der Waals surface area contributed by atoms with Gasteiger partial charge in [-0.1, -0.05) is 17.7 Å². The summed E-state index contributed by atoms with van der Waals surface area (Å²) in [6.07, 6.45) is 1.44. The molecule has 1 aromatic heterocycles. The van der Waals surface area contributed by atoms with E-state index >= 15 is 0 Å². The number of amides is 2. The third-order valence-electron chi connectivity index (χ3n) is 5.67. The molecule has 1 unspecified atom stereocenters. The third kappa shape index (κ3) is 5.15. The molecule has 1 aromatic carbocycles. The molecule has 1 fully saturated rings. The van der Waals surface area contributed by atoms with Gasteiger partial charge in [0.05, 0.1) is 30.5 Å². The first-order valence-corrected chi connectivity index (χ1v) is 10.9. The van der Waals surface area contributed by atoms with Crippen LogP contribution in [-0.2, 0) is 14.3 Å². The van der Waals surface area contributed by atoms with E-state index < -0.39 is 0 Å². The van der Waals surface area contributed by atoms with Gasteiger partial charge in [-0.05, 0) is 52.2 Å². The Labute approximate surface area is 188 Å². The van der Waals surface area contributed by atoms with Crippen LogP contribution in [0.5, 0.6) is 0 Å². The topological polar surface area (TPSA) is 97.6 Å². The number of nitrogens with zero attached hydrogens (tertiary/aromatic N) is 5. The number of ether oxygens (including phenoxy) is 1. The van der Waals surface area contributed by atoms with Crippen LogP contribution < -0.4 is 0 Å². The predicted molar refractivity (Wildman–Crippen MR) is 118 cm³/mol. The Morgan fingerprint density at radius 3 is 2.62 bits per heavy atom. The summed E-state index contributed by atoms with van der Waals surface area (Å²) in [5, 5.41) is 8.80. The molecule has 0 saturated carbocycles. The highest BCUT2D eigenvalue weighted by Crippen LogP contribution is 2.19. The van der Waals surface area contributed by atoms with Crippen molar-refractivity contribution in [1.29, 1.82) is 0 Å². The minimum Gasteiger partial charge on any atom is -0.466 e. The van der Waals surface area contributed by atoms with Gasteiger partial charge in [0, 0.05) is 20.1 Å². The van der Waals surface area contributed by atoms with E-state index in [9.17, 15) is 14.4 Å². The number of benzene rings is 1. The van der Waals surface area contributed by atoms with Crippen LogP contribution in [0.4, 0.5) is 0 Å². The van der Waals surface area contributed by atoms with Crippen molar-refractivity contribution in [3.63, 3.8) is 0 Å². The molecule has 0 spiro atoms. The van der Waals surface area contributed by atoms with Gasteiger partial charge >= 0.3 is 5.97 Å². The molecular weight excluding hydrogens is 410 g/mol. The van der Waals surface area contributed by atoms with E-state index in [1.165, 1.54) is 9.70 Å². The summed E-state index contributed by atoms with van der Waals surface area (Å²) in [5.41, 5.74) is 3.64. The Morgan fingerprint density at radius 2 is 1.94 bits per heavy atom. The third-order valence-corrected chi connectivity index (χ3v) is 5.67. The summed E-state index contributed by atoms with van der Waals surface area (Å²) in [6.45, 7) is 8.59. The number of hydrogen-bond donors (Lipinski definition) is 0. The van der Waals surface area contributed by atoms with E-state index in [-0.39, 0.29) is 35.9 Å². The molecule has 2 aromatic rings. The average molecular weight is 442 g/mol. The van der Waals surface area contributed by atoms with Crippen molar-refractivity contribution in [1.82, 2.24) is 24.8 Å². The minimum atomic E-state index is -0.370. The zero-order chi connectivity index (χ0) is 23.4. The first kappa shape index (κ1) is 23.4. The van der Waals surface area contributed by atoms with Crippen LogP contribution in [0.1, 0.15) is 47.1 Å². The minimum absolute atomic E-state index is 0.0930. The summed E-state index contributed by atoms with van der Waals surface area (Å²) in [6, 6.07) is 5.92. The van der Waals surface area contributed by atoms with Gasteiger partial charge in [0.15, 0.2) is 5.69 Å². The number of esters is 1. The molecule has 0 N–H and O–H groups in total. The number of likely N-dealkylation sites (tertiary alicyclic amines) is 1. The van der Waals surface area contributed by atoms with Gasteiger partial charge in [-0.15, -0.1) is 5.10 Å². The number of aryl methyl sites for hydroxylation is 3. The highest BCUT2D eigenvalue weighted by molar-refractivity contribution is 5.95. The van der Waals surface area contributed by atoms with Crippen LogP contribution in [0.2, 0.25) is 0 Å². The summed E-state index contributed by atoms with van der Waals surface area (Å²) < 4.78 is 5.09. The Bertz CT molecular complexity index is 1020. The Kier molecular flexibility index (Phi) is 7.27. The van der Waals surface area contributed by atoms with Crippen molar-refractivity contribution in [2.75, 3.05) is 33.3 Å². The van der Waals surface area contributed by atoms with Crippen LogP contribution in [-0.4, -0.2) is 75.9 Å². The standard InChI is InChI=1S/C23H31N5O4/c1-6-32-23(31)18-8-7-11-27(13-18)20(29)14-26(5)22(30)21-17(4)24-28(25-21)19-10-9-15(2)12-16(19)3/h9-10,12,18H,6-8,11,13-14H2,1-5H3. The van der Waals surface area contributed by atoms with Crippen molar-refractivity contribution < 1.29 is 19.1 Å². The zero-order valence-electron chi connectivity index (χ0n) is 19.4. The molecular formula is C23H31N5O4. The highest BCUT2D eigenvalue weighted by atomic mass is 16.5. The number of piperidine rings is 1. The van der Waals surface area contributed by atoms with Crippen molar-refractivity contribution in [2.24, 2.45) is 5.92 Å². The molecule has 0 aliphatic carbocycles. The Hall–Kier alpha value is -3.23. The molecule has 1 saturated heterocycles. The van der Waals surface area contributed by atoms with Crippen LogP contribution >= 0.6 is 0 Å². The molecule has 172 valence electrons. The first-order chi connectivity index (χ1) is 15.2. The van der Waals surface area contributed by atoms with Crippen molar-refractivity contribution in [2.45, 2.75) is 40.5 Å². The maximum absolute atomic E-state index is 13.0. The molecule has 9 heteroatoms. The lowest BCUT2D eigenvalue weighted by molar-refractivity contribution is -0.151. The Balaban J connectivity index is 1.67. The Morgan fingerprint density at radius 1 is 1.19 bits per heavy atom. The molecule has 0 bridgehead atoms.